The van der Waals surface area contributed by atoms with E-state index in [1.807, 2.05) is 6.20 Å². The molecule has 0 spiro atoms. The fourth-order valence-corrected chi connectivity index (χ4v) is 2.10. The Labute approximate surface area is 109 Å². The van der Waals surface area contributed by atoms with Crippen molar-refractivity contribution in [2.24, 2.45) is 0 Å². The van der Waals surface area contributed by atoms with Crippen molar-refractivity contribution in [3.8, 4) is 0 Å². The predicted octanol–water partition coefficient (Wildman–Crippen LogP) is 3.28. The monoisotopic (exact) mass is 291 g/mol. The summed E-state index contributed by atoms with van der Waals surface area (Å²) in [6.45, 7) is 4.78. The fraction of sp³-hybridized carbons (Fsp3) is 0.214. The number of halogens is 1. The van der Waals surface area contributed by atoms with E-state index in [2.05, 4.69) is 48.0 Å². The maximum Gasteiger partial charge on any atom is 0.250 e. The number of rotatable bonds is 2. The van der Waals surface area contributed by atoms with Gasteiger partial charge in [-0.3, -0.25) is 4.79 Å². The molecule has 0 aliphatic heterocycles. The van der Waals surface area contributed by atoms with Crippen molar-refractivity contribution < 1.29 is 0 Å². The molecule has 0 aliphatic rings. The van der Waals surface area contributed by atoms with Crippen LogP contribution in [0.3, 0.4) is 0 Å². The lowest BCUT2D eigenvalue weighted by molar-refractivity contribution is 0.755. The maximum absolute atomic E-state index is 11.7. The average Bonchev–Trinajstić information content (AvgIpc) is 2.29. The molecule has 1 aromatic carbocycles. The molecule has 0 saturated carbocycles. The van der Waals surface area contributed by atoms with Crippen LogP contribution >= 0.6 is 15.9 Å². The number of pyridine rings is 1. The topological polar surface area (TPSA) is 22.0 Å². The summed E-state index contributed by atoms with van der Waals surface area (Å²) < 4.78 is 2.62. The second-order valence-corrected chi connectivity index (χ2v) is 5.15. The summed E-state index contributed by atoms with van der Waals surface area (Å²) >= 11 is 3.38. The number of nitrogens with zero attached hydrogens (tertiary/aromatic N) is 1. The lowest BCUT2D eigenvalue weighted by Crippen LogP contribution is -2.18. The molecule has 0 aliphatic carbocycles. The van der Waals surface area contributed by atoms with Gasteiger partial charge in [-0.05, 0) is 52.5 Å². The first kappa shape index (κ1) is 12.1. The number of aromatic nitrogens is 1. The molecule has 1 aromatic heterocycles. The summed E-state index contributed by atoms with van der Waals surface area (Å²) in [6.07, 6.45) is 1.82. The van der Waals surface area contributed by atoms with Gasteiger partial charge in [0.2, 0.25) is 0 Å². The van der Waals surface area contributed by atoms with E-state index in [1.54, 1.807) is 16.7 Å². The largest absolute Gasteiger partial charge is 0.310 e. The van der Waals surface area contributed by atoms with Gasteiger partial charge < -0.3 is 4.57 Å². The van der Waals surface area contributed by atoms with Crippen LogP contribution < -0.4 is 5.56 Å². The van der Waals surface area contributed by atoms with Crippen molar-refractivity contribution in [3.05, 3.63) is 68.0 Å². The number of benzene rings is 1. The van der Waals surface area contributed by atoms with Gasteiger partial charge in [-0.15, -0.1) is 0 Å². The molecule has 0 N–H and O–H groups in total. The Bertz CT molecular complexity index is 601. The van der Waals surface area contributed by atoms with E-state index in [-0.39, 0.29) is 5.56 Å². The van der Waals surface area contributed by atoms with Crippen LogP contribution in [0.15, 0.2) is 45.8 Å². The molecule has 0 amide bonds. The molecule has 2 aromatic rings. The van der Waals surface area contributed by atoms with Gasteiger partial charge in [-0.1, -0.05) is 18.2 Å². The zero-order valence-electron chi connectivity index (χ0n) is 9.90. The summed E-state index contributed by atoms with van der Waals surface area (Å²) in [6, 6.07) is 9.62. The third-order valence-corrected chi connectivity index (χ3v) is 3.34. The molecule has 0 unspecified atom stereocenters. The molecule has 0 saturated heterocycles. The van der Waals surface area contributed by atoms with Crippen LogP contribution in [0.4, 0.5) is 0 Å². The van der Waals surface area contributed by atoms with E-state index >= 15 is 0 Å². The minimum Gasteiger partial charge on any atom is -0.310 e. The SMILES string of the molecule is Cc1ccc(Cn2cc(Br)ccc2=O)cc1C. The molecule has 1 heterocycles. The van der Waals surface area contributed by atoms with E-state index in [0.717, 1.165) is 10.0 Å². The fourth-order valence-electron chi connectivity index (χ4n) is 1.72. The van der Waals surface area contributed by atoms with Crippen molar-refractivity contribution >= 4 is 15.9 Å². The van der Waals surface area contributed by atoms with Gasteiger partial charge in [0, 0.05) is 16.7 Å². The first-order valence-corrected chi connectivity index (χ1v) is 6.28. The highest BCUT2D eigenvalue weighted by molar-refractivity contribution is 9.10. The van der Waals surface area contributed by atoms with Crippen molar-refractivity contribution in [3.63, 3.8) is 0 Å². The zero-order valence-corrected chi connectivity index (χ0v) is 11.5. The average molecular weight is 292 g/mol. The number of hydrogen-bond acceptors (Lipinski definition) is 1. The lowest BCUT2D eigenvalue weighted by Gasteiger charge is -2.08. The van der Waals surface area contributed by atoms with Gasteiger partial charge in [0.05, 0.1) is 6.54 Å². The summed E-state index contributed by atoms with van der Waals surface area (Å²) in [4.78, 5) is 11.7. The maximum atomic E-state index is 11.7. The van der Waals surface area contributed by atoms with Crippen LogP contribution in [0.2, 0.25) is 0 Å². The van der Waals surface area contributed by atoms with Gasteiger partial charge in [-0.2, -0.15) is 0 Å². The normalized spacial score (nSPS) is 10.5. The third kappa shape index (κ3) is 2.86. The van der Waals surface area contributed by atoms with Gasteiger partial charge in [-0.25, -0.2) is 0 Å². The minimum atomic E-state index is 0.0198. The molecular weight excluding hydrogens is 278 g/mol. The van der Waals surface area contributed by atoms with Crippen LogP contribution in [0.1, 0.15) is 16.7 Å². The van der Waals surface area contributed by atoms with E-state index in [9.17, 15) is 4.79 Å². The van der Waals surface area contributed by atoms with E-state index in [4.69, 9.17) is 0 Å². The third-order valence-electron chi connectivity index (χ3n) is 2.87. The molecule has 0 atom stereocenters. The molecule has 88 valence electrons. The highest BCUT2D eigenvalue weighted by Gasteiger charge is 2.00. The number of hydrogen-bond donors (Lipinski definition) is 0. The predicted molar refractivity (Wildman–Crippen MR) is 73.4 cm³/mol. The Morgan fingerprint density at radius 3 is 2.59 bits per heavy atom. The Balaban J connectivity index is 2.34. The molecule has 0 radical (unpaired) electrons. The second kappa shape index (κ2) is 4.88. The smallest absolute Gasteiger partial charge is 0.250 e. The first-order chi connectivity index (χ1) is 8.06. The van der Waals surface area contributed by atoms with Crippen LogP contribution in [0.25, 0.3) is 0 Å². The highest BCUT2D eigenvalue weighted by atomic mass is 79.9. The van der Waals surface area contributed by atoms with Gasteiger partial charge in [0.15, 0.2) is 0 Å². The Morgan fingerprint density at radius 2 is 1.88 bits per heavy atom. The van der Waals surface area contributed by atoms with E-state index in [1.165, 1.54) is 11.1 Å². The first-order valence-electron chi connectivity index (χ1n) is 5.48. The standard InChI is InChI=1S/C14H14BrNO/c1-10-3-4-12(7-11(10)2)8-16-9-13(15)5-6-14(16)17/h3-7,9H,8H2,1-2H3. The number of aryl methyl sites for hydroxylation is 2. The van der Waals surface area contributed by atoms with Crippen molar-refractivity contribution in [1.82, 2.24) is 4.57 Å². The lowest BCUT2D eigenvalue weighted by atomic mass is 10.1. The molecule has 3 heteroatoms. The highest BCUT2D eigenvalue weighted by Crippen LogP contribution is 2.11. The minimum absolute atomic E-state index is 0.0198. The summed E-state index contributed by atoms with van der Waals surface area (Å²) in [7, 11) is 0. The Kier molecular flexibility index (Phi) is 3.48. The van der Waals surface area contributed by atoms with Crippen molar-refractivity contribution in [1.29, 1.82) is 0 Å². The van der Waals surface area contributed by atoms with E-state index in [0.29, 0.717) is 6.54 Å². The Morgan fingerprint density at radius 1 is 1.12 bits per heavy atom. The molecule has 2 rings (SSSR count). The zero-order chi connectivity index (χ0) is 12.4. The Hall–Kier alpha value is -1.35. The van der Waals surface area contributed by atoms with Gasteiger partial charge >= 0.3 is 0 Å². The van der Waals surface area contributed by atoms with Gasteiger partial charge in [0.1, 0.15) is 0 Å². The summed E-state index contributed by atoms with van der Waals surface area (Å²) in [5, 5.41) is 0. The second-order valence-electron chi connectivity index (χ2n) is 4.23. The van der Waals surface area contributed by atoms with E-state index < -0.39 is 0 Å². The van der Waals surface area contributed by atoms with Crippen LogP contribution in [0.5, 0.6) is 0 Å². The van der Waals surface area contributed by atoms with Crippen LogP contribution in [0, 0.1) is 13.8 Å². The molecule has 0 bridgehead atoms. The van der Waals surface area contributed by atoms with Crippen LogP contribution in [-0.4, -0.2) is 4.57 Å². The molecular formula is C14H14BrNO. The van der Waals surface area contributed by atoms with Crippen LogP contribution in [-0.2, 0) is 6.54 Å². The quantitative estimate of drug-likeness (QED) is 0.832. The van der Waals surface area contributed by atoms with Crippen molar-refractivity contribution in [2.75, 3.05) is 0 Å². The summed E-state index contributed by atoms with van der Waals surface area (Å²) in [5.41, 5.74) is 3.70. The molecule has 2 nitrogen and oxygen atoms in total. The van der Waals surface area contributed by atoms with Crippen molar-refractivity contribution in [2.45, 2.75) is 20.4 Å². The van der Waals surface area contributed by atoms with Gasteiger partial charge in [0.25, 0.3) is 5.56 Å². The molecule has 0 fully saturated rings. The molecule has 17 heavy (non-hydrogen) atoms. The summed E-state index contributed by atoms with van der Waals surface area (Å²) in [5.74, 6) is 0.